The summed E-state index contributed by atoms with van der Waals surface area (Å²) in [7, 11) is 0. The first kappa shape index (κ1) is 15.5. The summed E-state index contributed by atoms with van der Waals surface area (Å²) >= 11 is 1.55. The molecule has 0 radical (unpaired) electrons. The van der Waals surface area contributed by atoms with Crippen molar-refractivity contribution in [2.24, 2.45) is 0 Å². The molecule has 0 aromatic carbocycles. The smallest absolute Gasteiger partial charge is 0.273 e. The number of carbonyl (C=O) groups is 1. The SMILES string of the molecule is Cc1nc(C(=O)N2CCC[C@]3(CCN3C[C@H]3CCCO3)C2)cs1. The molecule has 3 fully saturated rings. The molecule has 3 aliphatic heterocycles. The van der Waals surface area contributed by atoms with Crippen molar-refractivity contribution >= 4 is 17.2 Å². The van der Waals surface area contributed by atoms with Gasteiger partial charge in [0.25, 0.3) is 5.91 Å². The van der Waals surface area contributed by atoms with Gasteiger partial charge in [0.1, 0.15) is 5.69 Å². The molecular formula is C17H25N3O2S. The fourth-order valence-electron chi connectivity index (χ4n) is 4.28. The molecule has 1 aromatic heterocycles. The summed E-state index contributed by atoms with van der Waals surface area (Å²) in [6, 6.07) is 0. The molecule has 3 aliphatic rings. The van der Waals surface area contributed by atoms with Gasteiger partial charge in [-0.1, -0.05) is 0 Å². The number of ether oxygens (including phenoxy) is 1. The molecule has 0 aliphatic carbocycles. The minimum atomic E-state index is 0.109. The molecule has 6 heteroatoms. The summed E-state index contributed by atoms with van der Waals surface area (Å²) in [5, 5.41) is 2.85. The van der Waals surface area contributed by atoms with Crippen molar-refractivity contribution in [2.45, 2.75) is 50.7 Å². The molecule has 1 aromatic rings. The van der Waals surface area contributed by atoms with Gasteiger partial charge < -0.3 is 9.64 Å². The van der Waals surface area contributed by atoms with Crippen LogP contribution in [-0.4, -0.2) is 65.1 Å². The first-order valence-electron chi connectivity index (χ1n) is 8.74. The number of nitrogens with zero attached hydrogens (tertiary/aromatic N) is 3. The molecule has 5 nitrogen and oxygen atoms in total. The van der Waals surface area contributed by atoms with Crippen LogP contribution in [0.15, 0.2) is 5.38 Å². The zero-order valence-electron chi connectivity index (χ0n) is 13.8. The van der Waals surface area contributed by atoms with Crippen molar-refractivity contribution in [3.8, 4) is 0 Å². The lowest BCUT2D eigenvalue weighted by Gasteiger charge is -2.57. The van der Waals surface area contributed by atoms with E-state index in [4.69, 9.17) is 4.74 Å². The average molecular weight is 335 g/mol. The van der Waals surface area contributed by atoms with E-state index in [2.05, 4.69) is 9.88 Å². The van der Waals surface area contributed by atoms with Crippen LogP contribution in [0, 0.1) is 6.92 Å². The average Bonchev–Trinajstić information content (AvgIpc) is 3.22. The van der Waals surface area contributed by atoms with Crippen molar-refractivity contribution in [1.82, 2.24) is 14.8 Å². The van der Waals surface area contributed by atoms with E-state index in [0.29, 0.717) is 11.8 Å². The number of thiazole rings is 1. The van der Waals surface area contributed by atoms with Crippen molar-refractivity contribution in [3.05, 3.63) is 16.1 Å². The third-order valence-electron chi connectivity index (χ3n) is 5.65. The van der Waals surface area contributed by atoms with Crippen LogP contribution in [0.1, 0.15) is 47.6 Å². The second kappa shape index (κ2) is 6.15. The third kappa shape index (κ3) is 2.92. The van der Waals surface area contributed by atoms with Gasteiger partial charge in [0, 0.05) is 43.7 Å². The van der Waals surface area contributed by atoms with Gasteiger partial charge in [-0.05, 0) is 39.0 Å². The fourth-order valence-corrected chi connectivity index (χ4v) is 4.86. The lowest BCUT2D eigenvalue weighted by molar-refractivity contribution is -0.0807. The molecule has 0 unspecified atom stereocenters. The maximum atomic E-state index is 12.7. The molecule has 1 amide bonds. The number of aromatic nitrogens is 1. The van der Waals surface area contributed by atoms with Crippen LogP contribution >= 0.6 is 11.3 Å². The molecule has 23 heavy (non-hydrogen) atoms. The highest BCUT2D eigenvalue weighted by Gasteiger charge is 2.48. The summed E-state index contributed by atoms with van der Waals surface area (Å²) in [6.45, 7) is 6.78. The van der Waals surface area contributed by atoms with Crippen LogP contribution in [0.2, 0.25) is 0 Å². The monoisotopic (exact) mass is 335 g/mol. The summed E-state index contributed by atoms with van der Waals surface area (Å²) in [5.41, 5.74) is 0.819. The predicted octanol–water partition coefficient (Wildman–Crippen LogP) is 2.31. The van der Waals surface area contributed by atoms with Gasteiger partial charge in [0.05, 0.1) is 11.1 Å². The second-order valence-electron chi connectivity index (χ2n) is 7.14. The zero-order chi connectivity index (χ0) is 15.9. The summed E-state index contributed by atoms with van der Waals surface area (Å²) in [5.74, 6) is 0.109. The molecule has 0 bridgehead atoms. The highest BCUT2D eigenvalue weighted by Crippen LogP contribution is 2.39. The largest absolute Gasteiger partial charge is 0.377 e. The highest BCUT2D eigenvalue weighted by atomic mass is 32.1. The van der Waals surface area contributed by atoms with Crippen LogP contribution < -0.4 is 0 Å². The fraction of sp³-hybridized carbons (Fsp3) is 0.765. The lowest BCUT2D eigenvalue weighted by Crippen LogP contribution is -2.68. The van der Waals surface area contributed by atoms with Crippen LogP contribution in [0.25, 0.3) is 0 Å². The lowest BCUT2D eigenvalue weighted by atomic mass is 9.77. The number of hydrogen-bond acceptors (Lipinski definition) is 5. The zero-order valence-corrected chi connectivity index (χ0v) is 14.6. The Morgan fingerprint density at radius 1 is 1.43 bits per heavy atom. The molecule has 4 heterocycles. The Hall–Kier alpha value is -0.980. The van der Waals surface area contributed by atoms with Crippen molar-refractivity contribution in [3.63, 3.8) is 0 Å². The van der Waals surface area contributed by atoms with Gasteiger partial charge in [0.15, 0.2) is 0 Å². The van der Waals surface area contributed by atoms with Crippen LogP contribution in [0.5, 0.6) is 0 Å². The minimum absolute atomic E-state index is 0.109. The Bertz CT molecular complexity index is 584. The molecule has 0 saturated carbocycles. The Kier molecular flexibility index (Phi) is 4.15. The predicted molar refractivity (Wildman–Crippen MR) is 89.9 cm³/mol. The van der Waals surface area contributed by atoms with Gasteiger partial charge in [-0.3, -0.25) is 9.69 Å². The Labute approximate surface area is 141 Å². The maximum Gasteiger partial charge on any atom is 0.273 e. The summed E-state index contributed by atoms with van der Waals surface area (Å²) in [4.78, 5) is 21.7. The normalized spacial score (nSPS) is 31.5. The van der Waals surface area contributed by atoms with E-state index in [9.17, 15) is 4.79 Å². The second-order valence-corrected chi connectivity index (χ2v) is 8.20. The maximum absolute atomic E-state index is 12.7. The van der Waals surface area contributed by atoms with Crippen molar-refractivity contribution in [1.29, 1.82) is 0 Å². The highest BCUT2D eigenvalue weighted by molar-refractivity contribution is 7.09. The number of hydrogen-bond donors (Lipinski definition) is 0. The van der Waals surface area contributed by atoms with E-state index in [1.165, 1.54) is 25.7 Å². The molecule has 0 N–H and O–H groups in total. The minimum Gasteiger partial charge on any atom is -0.377 e. The van der Waals surface area contributed by atoms with Gasteiger partial charge >= 0.3 is 0 Å². The number of aryl methyl sites for hydroxylation is 1. The molecule has 3 saturated heterocycles. The molecule has 1 spiro atoms. The number of piperidine rings is 1. The summed E-state index contributed by atoms with van der Waals surface area (Å²) in [6.07, 6.45) is 6.29. The van der Waals surface area contributed by atoms with E-state index in [0.717, 1.165) is 44.2 Å². The van der Waals surface area contributed by atoms with E-state index in [-0.39, 0.29) is 11.4 Å². The van der Waals surface area contributed by atoms with E-state index in [1.54, 1.807) is 11.3 Å². The topological polar surface area (TPSA) is 45.7 Å². The van der Waals surface area contributed by atoms with Gasteiger partial charge in [-0.25, -0.2) is 4.98 Å². The number of amides is 1. The molecule has 4 rings (SSSR count). The standard InChI is InChI=1S/C17H25N3O2S/c1-13-18-15(11-23-13)16(21)19-7-3-5-17(12-19)6-8-20(17)10-14-4-2-9-22-14/h11,14H,2-10,12H2,1H3/t14-,17+/m1/s1. The van der Waals surface area contributed by atoms with E-state index >= 15 is 0 Å². The van der Waals surface area contributed by atoms with Gasteiger partial charge in [0.2, 0.25) is 0 Å². The Balaban J connectivity index is 1.43. The Morgan fingerprint density at radius 2 is 2.35 bits per heavy atom. The number of rotatable bonds is 3. The van der Waals surface area contributed by atoms with Gasteiger partial charge in [-0.2, -0.15) is 0 Å². The van der Waals surface area contributed by atoms with E-state index in [1.807, 2.05) is 17.2 Å². The molecule has 126 valence electrons. The van der Waals surface area contributed by atoms with Crippen LogP contribution in [-0.2, 0) is 4.74 Å². The molecular weight excluding hydrogens is 310 g/mol. The van der Waals surface area contributed by atoms with Gasteiger partial charge in [-0.15, -0.1) is 11.3 Å². The quantitative estimate of drug-likeness (QED) is 0.850. The first-order chi connectivity index (χ1) is 11.2. The summed E-state index contributed by atoms with van der Waals surface area (Å²) < 4.78 is 5.81. The van der Waals surface area contributed by atoms with E-state index < -0.39 is 0 Å². The Morgan fingerprint density at radius 3 is 3.00 bits per heavy atom. The van der Waals surface area contributed by atoms with Crippen LogP contribution in [0.3, 0.4) is 0 Å². The first-order valence-corrected chi connectivity index (χ1v) is 9.62. The number of carbonyl (C=O) groups excluding carboxylic acids is 1. The van der Waals surface area contributed by atoms with Crippen molar-refractivity contribution < 1.29 is 9.53 Å². The third-order valence-corrected chi connectivity index (χ3v) is 6.42. The van der Waals surface area contributed by atoms with Crippen LogP contribution in [0.4, 0.5) is 0 Å². The molecule has 2 atom stereocenters. The number of likely N-dealkylation sites (tertiary alicyclic amines) is 2. The van der Waals surface area contributed by atoms with Crippen molar-refractivity contribution in [2.75, 3.05) is 32.8 Å².